The predicted molar refractivity (Wildman–Crippen MR) is 115 cm³/mol. The van der Waals surface area contributed by atoms with Crippen LogP contribution >= 0.6 is 24.8 Å². The summed E-state index contributed by atoms with van der Waals surface area (Å²) in [4.78, 5) is 4.12. The highest BCUT2D eigenvalue weighted by molar-refractivity contribution is 5.85. The van der Waals surface area contributed by atoms with E-state index < -0.39 is 0 Å². The Bertz CT molecular complexity index is 641. The lowest BCUT2D eigenvalue weighted by Gasteiger charge is -2.29. The molecule has 0 saturated heterocycles. The third-order valence-corrected chi connectivity index (χ3v) is 5.32. The third-order valence-electron chi connectivity index (χ3n) is 5.32. The van der Waals surface area contributed by atoms with Crippen molar-refractivity contribution in [2.24, 2.45) is 0 Å². The van der Waals surface area contributed by atoms with Crippen molar-refractivity contribution in [1.29, 1.82) is 0 Å². The standard InChI is InChI=1S/C21H29N3.2ClH/c1-3-16-4-5-18(17-10-12-23-13-11-17)14-19(16)15-24-21-8-6-20(22-2)7-9-21;;/h4-5,10-14,20-22,24H,3,6-9,15H2,1-2H3;2*1H. The first-order chi connectivity index (χ1) is 11.8. The fourth-order valence-electron chi connectivity index (χ4n) is 3.70. The summed E-state index contributed by atoms with van der Waals surface area (Å²) >= 11 is 0. The maximum absolute atomic E-state index is 4.12. The first kappa shape index (κ1) is 22.9. The van der Waals surface area contributed by atoms with E-state index in [0.29, 0.717) is 12.1 Å². The molecule has 0 radical (unpaired) electrons. The van der Waals surface area contributed by atoms with Crippen molar-refractivity contribution in [2.45, 2.75) is 57.7 Å². The lowest BCUT2D eigenvalue weighted by molar-refractivity contribution is 0.317. The molecule has 1 aliphatic carbocycles. The normalized spacial score (nSPS) is 19.3. The molecule has 0 atom stereocenters. The van der Waals surface area contributed by atoms with E-state index >= 15 is 0 Å². The molecule has 5 heteroatoms. The second-order valence-electron chi connectivity index (χ2n) is 6.79. The zero-order valence-corrected chi connectivity index (χ0v) is 17.3. The number of hydrogen-bond donors (Lipinski definition) is 2. The molecule has 0 aliphatic heterocycles. The van der Waals surface area contributed by atoms with Gasteiger partial charge in [-0.1, -0.05) is 19.1 Å². The van der Waals surface area contributed by atoms with Crippen molar-refractivity contribution in [3.63, 3.8) is 0 Å². The van der Waals surface area contributed by atoms with Gasteiger partial charge in [-0.25, -0.2) is 0 Å². The van der Waals surface area contributed by atoms with Gasteiger partial charge in [0, 0.05) is 31.0 Å². The van der Waals surface area contributed by atoms with E-state index in [9.17, 15) is 0 Å². The minimum atomic E-state index is 0. The van der Waals surface area contributed by atoms with Crippen LogP contribution in [0, 0.1) is 0 Å². The summed E-state index contributed by atoms with van der Waals surface area (Å²) in [7, 11) is 2.08. The molecule has 1 heterocycles. The molecule has 0 amide bonds. The highest BCUT2D eigenvalue weighted by Gasteiger charge is 2.19. The molecule has 1 fully saturated rings. The smallest absolute Gasteiger partial charge is 0.0273 e. The van der Waals surface area contributed by atoms with Gasteiger partial charge >= 0.3 is 0 Å². The summed E-state index contributed by atoms with van der Waals surface area (Å²) in [6, 6.07) is 12.4. The zero-order valence-electron chi connectivity index (χ0n) is 15.7. The van der Waals surface area contributed by atoms with Gasteiger partial charge in [0.2, 0.25) is 0 Å². The Morgan fingerprint density at radius 3 is 2.15 bits per heavy atom. The van der Waals surface area contributed by atoms with Crippen LogP contribution in [0.15, 0.2) is 42.7 Å². The number of halogens is 2. The van der Waals surface area contributed by atoms with Crippen molar-refractivity contribution in [2.75, 3.05) is 7.05 Å². The van der Waals surface area contributed by atoms with E-state index in [1.807, 2.05) is 12.4 Å². The molecule has 2 aromatic rings. The van der Waals surface area contributed by atoms with Gasteiger partial charge in [0.15, 0.2) is 0 Å². The number of rotatable bonds is 6. The average molecular weight is 396 g/mol. The number of nitrogens with zero attached hydrogens (tertiary/aromatic N) is 1. The SMILES string of the molecule is CCc1ccc(-c2ccncc2)cc1CNC1CCC(NC)CC1.Cl.Cl. The van der Waals surface area contributed by atoms with E-state index in [-0.39, 0.29) is 24.8 Å². The van der Waals surface area contributed by atoms with Crippen molar-refractivity contribution >= 4 is 24.8 Å². The van der Waals surface area contributed by atoms with Gasteiger partial charge in [0.25, 0.3) is 0 Å². The molecule has 1 aromatic heterocycles. The van der Waals surface area contributed by atoms with Crippen molar-refractivity contribution in [3.05, 3.63) is 53.9 Å². The number of hydrogen-bond acceptors (Lipinski definition) is 3. The Kier molecular flexibility index (Phi) is 10.2. The Morgan fingerprint density at radius 2 is 1.54 bits per heavy atom. The van der Waals surface area contributed by atoms with Crippen molar-refractivity contribution < 1.29 is 0 Å². The maximum atomic E-state index is 4.12. The van der Waals surface area contributed by atoms with E-state index in [1.165, 1.54) is 47.9 Å². The van der Waals surface area contributed by atoms with Crippen LogP contribution in [0.1, 0.15) is 43.7 Å². The monoisotopic (exact) mass is 395 g/mol. The van der Waals surface area contributed by atoms with Crippen LogP contribution in [0.25, 0.3) is 11.1 Å². The summed E-state index contributed by atoms with van der Waals surface area (Å²) in [6.45, 7) is 3.21. The van der Waals surface area contributed by atoms with Gasteiger partial charge in [-0.05, 0) is 79.6 Å². The van der Waals surface area contributed by atoms with Crippen molar-refractivity contribution in [3.8, 4) is 11.1 Å². The van der Waals surface area contributed by atoms with Crippen LogP contribution in [0.3, 0.4) is 0 Å². The fourth-order valence-corrected chi connectivity index (χ4v) is 3.70. The van der Waals surface area contributed by atoms with Gasteiger partial charge in [0.1, 0.15) is 0 Å². The molecule has 2 N–H and O–H groups in total. The summed E-state index contributed by atoms with van der Waals surface area (Å²) in [5, 5.41) is 7.21. The van der Waals surface area contributed by atoms with Crippen LogP contribution in [-0.2, 0) is 13.0 Å². The number of benzene rings is 1. The molecular weight excluding hydrogens is 365 g/mol. The summed E-state index contributed by atoms with van der Waals surface area (Å²) in [6.07, 6.45) is 9.92. The van der Waals surface area contributed by atoms with Crippen LogP contribution in [0.2, 0.25) is 0 Å². The quantitative estimate of drug-likeness (QED) is 0.738. The minimum Gasteiger partial charge on any atom is -0.317 e. The number of aryl methyl sites for hydroxylation is 1. The molecule has 1 aromatic carbocycles. The highest BCUT2D eigenvalue weighted by atomic mass is 35.5. The Morgan fingerprint density at radius 1 is 0.885 bits per heavy atom. The van der Waals surface area contributed by atoms with Gasteiger partial charge in [-0.3, -0.25) is 4.98 Å². The predicted octanol–water partition coefficient (Wildman–Crippen LogP) is 4.77. The average Bonchev–Trinajstić information content (AvgIpc) is 2.67. The van der Waals surface area contributed by atoms with E-state index in [0.717, 1.165) is 13.0 Å². The lowest BCUT2D eigenvalue weighted by atomic mass is 9.91. The molecule has 26 heavy (non-hydrogen) atoms. The fraction of sp³-hybridized carbons (Fsp3) is 0.476. The number of nitrogens with one attached hydrogen (secondary N) is 2. The minimum absolute atomic E-state index is 0. The third kappa shape index (κ3) is 5.95. The van der Waals surface area contributed by atoms with Crippen LogP contribution in [-0.4, -0.2) is 24.1 Å². The van der Waals surface area contributed by atoms with Gasteiger partial charge in [-0.2, -0.15) is 0 Å². The van der Waals surface area contributed by atoms with E-state index in [2.05, 4.69) is 59.9 Å². The van der Waals surface area contributed by atoms with Crippen LogP contribution in [0.4, 0.5) is 0 Å². The molecular formula is C21H31Cl2N3. The Hall–Kier alpha value is -1.13. The molecule has 0 bridgehead atoms. The largest absolute Gasteiger partial charge is 0.317 e. The number of pyridine rings is 1. The highest BCUT2D eigenvalue weighted by Crippen LogP contribution is 2.24. The Balaban J connectivity index is 0.00000169. The molecule has 144 valence electrons. The summed E-state index contributed by atoms with van der Waals surface area (Å²) in [5.41, 5.74) is 5.40. The summed E-state index contributed by atoms with van der Waals surface area (Å²) < 4.78 is 0. The summed E-state index contributed by atoms with van der Waals surface area (Å²) in [5.74, 6) is 0. The van der Waals surface area contributed by atoms with Gasteiger partial charge < -0.3 is 10.6 Å². The topological polar surface area (TPSA) is 37.0 Å². The zero-order chi connectivity index (χ0) is 16.8. The van der Waals surface area contributed by atoms with Crippen LogP contribution < -0.4 is 10.6 Å². The van der Waals surface area contributed by atoms with E-state index in [4.69, 9.17) is 0 Å². The first-order valence-corrected chi connectivity index (χ1v) is 9.23. The number of aromatic nitrogens is 1. The Labute approximate surface area is 170 Å². The second-order valence-corrected chi connectivity index (χ2v) is 6.79. The molecule has 1 aliphatic rings. The van der Waals surface area contributed by atoms with Gasteiger partial charge in [-0.15, -0.1) is 24.8 Å². The van der Waals surface area contributed by atoms with Crippen LogP contribution in [0.5, 0.6) is 0 Å². The van der Waals surface area contributed by atoms with E-state index in [1.54, 1.807) is 0 Å². The second kappa shape index (κ2) is 11.6. The molecule has 0 unspecified atom stereocenters. The maximum Gasteiger partial charge on any atom is 0.0273 e. The van der Waals surface area contributed by atoms with Crippen molar-refractivity contribution in [1.82, 2.24) is 15.6 Å². The molecule has 0 spiro atoms. The molecule has 3 nitrogen and oxygen atoms in total. The first-order valence-electron chi connectivity index (χ1n) is 9.23. The lowest BCUT2D eigenvalue weighted by Crippen LogP contribution is -2.38. The van der Waals surface area contributed by atoms with Gasteiger partial charge in [0.05, 0.1) is 0 Å². The molecule has 1 saturated carbocycles. The molecule has 3 rings (SSSR count).